The topological polar surface area (TPSA) is 184 Å². The number of nitrogens with zero attached hydrogens (tertiary/aromatic N) is 4. The summed E-state index contributed by atoms with van der Waals surface area (Å²) in [5.41, 5.74) is 5.86. The summed E-state index contributed by atoms with van der Waals surface area (Å²) in [4.78, 5) is 71.6. The molecular formula is C47H56N8O7. The van der Waals surface area contributed by atoms with Gasteiger partial charge in [-0.1, -0.05) is 65.0 Å². The lowest BCUT2D eigenvalue weighted by atomic mass is 9.82. The fourth-order valence-electron chi connectivity index (χ4n) is 9.42. The van der Waals surface area contributed by atoms with E-state index in [0.29, 0.717) is 18.9 Å². The number of ether oxygens (including phenoxy) is 3. The highest BCUT2D eigenvalue weighted by atomic mass is 16.5. The number of aromatic nitrogens is 4. The largest absolute Gasteiger partial charge is 0.457 e. The third-order valence-electron chi connectivity index (χ3n) is 12.7. The minimum Gasteiger partial charge on any atom is -0.457 e. The molecule has 0 aliphatic carbocycles. The summed E-state index contributed by atoms with van der Waals surface area (Å²) < 4.78 is 16.3. The van der Waals surface area contributed by atoms with Crippen molar-refractivity contribution in [2.24, 2.45) is 11.8 Å². The standard InChI is InChI=1S/C47H56N8O7/c1-8-30-32-17-14-29(34-24-49-43(51-34)36-12-10-20-55(36)45(57)41(26(4)5)53-47(59)61-7)22-38(32)62-37-18-15-27-21-28(13-16-31(27)39(30)37)33-23-48-42(50-33)35-11-9-19-54(35)44(56)40(25(2)3)52-46(58)60-6/h13-18,21-26,30,35-36,40-41H,8-12,19-20H2,1-7H3,(H,48,50)(H,49,51)(H,52,58)(H,53,59)/t30-,35+,36+,40+,41+/m1/s1. The van der Waals surface area contributed by atoms with Crippen molar-refractivity contribution < 1.29 is 33.4 Å². The van der Waals surface area contributed by atoms with Crippen molar-refractivity contribution in [3.05, 3.63) is 83.7 Å². The number of likely N-dealkylation sites (tertiary alicyclic amines) is 2. The van der Waals surface area contributed by atoms with Gasteiger partial charge >= 0.3 is 12.2 Å². The fourth-order valence-corrected chi connectivity index (χ4v) is 9.42. The van der Waals surface area contributed by atoms with Crippen molar-refractivity contribution >= 4 is 34.8 Å². The van der Waals surface area contributed by atoms with Crippen LogP contribution in [0, 0.1) is 11.8 Å². The zero-order valence-electron chi connectivity index (χ0n) is 36.4. The number of rotatable bonds is 11. The molecule has 0 saturated carbocycles. The summed E-state index contributed by atoms with van der Waals surface area (Å²) in [6.45, 7) is 11.0. The van der Waals surface area contributed by atoms with Gasteiger partial charge in [0.2, 0.25) is 11.8 Å². The van der Waals surface area contributed by atoms with Crippen LogP contribution in [0.25, 0.3) is 33.3 Å². The van der Waals surface area contributed by atoms with Gasteiger partial charge in [0, 0.05) is 41.3 Å². The van der Waals surface area contributed by atoms with Crippen molar-refractivity contribution in [3.8, 4) is 34.0 Å². The Bertz CT molecular complexity index is 2490. The van der Waals surface area contributed by atoms with Crippen molar-refractivity contribution in [1.82, 2.24) is 40.4 Å². The molecule has 0 spiro atoms. The molecule has 326 valence electrons. The van der Waals surface area contributed by atoms with Crippen LogP contribution in [-0.4, -0.2) is 93.1 Å². The van der Waals surface area contributed by atoms with Crippen molar-refractivity contribution in [2.75, 3.05) is 27.3 Å². The molecule has 0 bridgehead atoms. The van der Waals surface area contributed by atoms with Gasteiger partial charge < -0.3 is 44.6 Å². The Morgan fingerprint density at radius 2 is 1.27 bits per heavy atom. The number of aromatic amines is 2. The number of amides is 4. The van der Waals surface area contributed by atoms with E-state index in [1.165, 1.54) is 14.2 Å². The fraction of sp³-hybridized carbons (Fsp3) is 0.447. The van der Waals surface area contributed by atoms with Crippen LogP contribution in [0.5, 0.6) is 11.5 Å². The quantitative estimate of drug-likeness (QED) is 0.101. The molecule has 3 aliphatic heterocycles. The first-order valence-corrected chi connectivity index (χ1v) is 21.7. The van der Waals surface area contributed by atoms with Crippen LogP contribution in [0.4, 0.5) is 9.59 Å². The Balaban J connectivity index is 1.00. The molecule has 4 amide bonds. The number of H-pyrrole nitrogens is 2. The second-order valence-electron chi connectivity index (χ2n) is 17.2. The summed E-state index contributed by atoms with van der Waals surface area (Å²) in [5, 5.41) is 7.62. The van der Waals surface area contributed by atoms with Gasteiger partial charge in [-0.3, -0.25) is 9.59 Å². The van der Waals surface area contributed by atoms with E-state index in [0.717, 1.165) is 93.8 Å². The van der Waals surface area contributed by atoms with Gasteiger partial charge in [0.15, 0.2) is 0 Å². The number of nitrogens with one attached hydrogen (secondary N) is 4. The molecule has 15 heteroatoms. The molecule has 8 rings (SSSR count). The van der Waals surface area contributed by atoms with Crippen molar-refractivity contribution in [3.63, 3.8) is 0 Å². The van der Waals surface area contributed by atoms with E-state index in [9.17, 15) is 19.2 Å². The summed E-state index contributed by atoms with van der Waals surface area (Å²) in [7, 11) is 2.59. The third-order valence-corrected chi connectivity index (χ3v) is 12.7. The first-order valence-electron chi connectivity index (χ1n) is 21.7. The predicted octanol–water partition coefficient (Wildman–Crippen LogP) is 8.36. The third kappa shape index (κ3) is 7.95. The van der Waals surface area contributed by atoms with Crippen molar-refractivity contribution in [1.29, 1.82) is 0 Å². The van der Waals surface area contributed by atoms with E-state index >= 15 is 0 Å². The van der Waals surface area contributed by atoms with E-state index in [4.69, 9.17) is 24.2 Å². The van der Waals surface area contributed by atoms with Crippen LogP contribution >= 0.6 is 0 Å². The highest BCUT2D eigenvalue weighted by Gasteiger charge is 2.39. The molecule has 15 nitrogen and oxygen atoms in total. The lowest BCUT2D eigenvalue weighted by Crippen LogP contribution is -2.51. The monoisotopic (exact) mass is 844 g/mol. The minimum absolute atomic E-state index is 0.105. The second-order valence-corrected chi connectivity index (χ2v) is 17.2. The number of fused-ring (bicyclic) bond motifs is 4. The number of alkyl carbamates (subject to hydrolysis) is 2. The van der Waals surface area contributed by atoms with Gasteiger partial charge in [0.05, 0.1) is 50.1 Å². The zero-order chi connectivity index (χ0) is 43.8. The summed E-state index contributed by atoms with van der Waals surface area (Å²) in [6.07, 6.45) is 6.47. The Labute approximate surface area is 361 Å². The van der Waals surface area contributed by atoms with Gasteiger partial charge in [-0.05, 0) is 72.9 Å². The number of imidazole rings is 2. The van der Waals surface area contributed by atoms with E-state index in [-0.39, 0.29) is 41.7 Å². The number of methoxy groups -OCH3 is 2. The SMILES string of the molecule is CC[C@@H]1c2ccc(-c3cnc([C@@H]4CCCN4C(=O)[C@@H](NC(=O)OC)C(C)C)[nH]3)cc2Oc2ccc3cc(-c4cnc([C@@H]5CCCN5C(=O)[C@@H](NC(=O)OC)C(C)C)[nH]4)ccc3c21. The van der Waals surface area contributed by atoms with Crippen LogP contribution in [0.3, 0.4) is 0 Å². The molecule has 0 radical (unpaired) electrons. The predicted molar refractivity (Wildman–Crippen MR) is 233 cm³/mol. The number of carbonyl (C=O) groups excluding carboxylic acids is 4. The molecule has 2 aromatic heterocycles. The minimum atomic E-state index is -0.704. The molecule has 2 saturated heterocycles. The smallest absolute Gasteiger partial charge is 0.407 e. The van der Waals surface area contributed by atoms with Gasteiger partial charge in [-0.25, -0.2) is 19.6 Å². The zero-order valence-corrected chi connectivity index (χ0v) is 36.4. The number of hydrogen-bond donors (Lipinski definition) is 4. The van der Waals surface area contributed by atoms with Gasteiger partial charge in [0.1, 0.15) is 35.2 Å². The highest BCUT2D eigenvalue weighted by molar-refractivity contribution is 5.93. The van der Waals surface area contributed by atoms with E-state index in [2.05, 4.69) is 70.0 Å². The first kappa shape index (κ1) is 42.3. The maximum Gasteiger partial charge on any atom is 0.407 e. The molecule has 4 N–H and O–H groups in total. The number of carbonyl (C=O) groups is 4. The Hall–Kier alpha value is -6.38. The molecular weight excluding hydrogens is 789 g/mol. The molecule has 62 heavy (non-hydrogen) atoms. The normalized spacial score (nSPS) is 19.2. The lowest BCUT2D eigenvalue weighted by Gasteiger charge is -2.30. The molecule has 0 unspecified atom stereocenters. The molecule has 5 atom stereocenters. The highest BCUT2D eigenvalue weighted by Crippen LogP contribution is 2.50. The van der Waals surface area contributed by atoms with Gasteiger partial charge in [0.25, 0.3) is 0 Å². The maximum absolute atomic E-state index is 13.7. The van der Waals surface area contributed by atoms with E-state index in [1.807, 2.05) is 56.0 Å². The Morgan fingerprint density at radius 3 is 1.79 bits per heavy atom. The molecule has 3 aromatic carbocycles. The molecule has 5 aromatic rings. The van der Waals surface area contributed by atoms with Crippen LogP contribution < -0.4 is 15.4 Å². The summed E-state index contributed by atoms with van der Waals surface area (Å²) >= 11 is 0. The molecule has 5 heterocycles. The molecule has 3 aliphatic rings. The van der Waals surface area contributed by atoms with Crippen LogP contribution in [0.1, 0.15) is 108 Å². The second kappa shape index (κ2) is 17.5. The van der Waals surface area contributed by atoms with Crippen LogP contribution in [-0.2, 0) is 19.1 Å². The van der Waals surface area contributed by atoms with E-state index in [1.54, 1.807) is 0 Å². The first-order chi connectivity index (χ1) is 29.9. The Morgan fingerprint density at radius 1 is 0.742 bits per heavy atom. The molecule has 2 fully saturated rings. The average molecular weight is 845 g/mol. The number of benzene rings is 3. The summed E-state index contributed by atoms with van der Waals surface area (Å²) in [5.74, 6) is 2.63. The van der Waals surface area contributed by atoms with Crippen molar-refractivity contribution in [2.45, 2.75) is 96.8 Å². The van der Waals surface area contributed by atoms with Gasteiger partial charge in [-0.2, -0.15) is 0 Å². The number of hydrogen-bond acceptors (Lipinski definition) is 9. The van der Waals surface area contributed by atoms with Crippen LogP contribution in [0.15, 0.2) is 60.9 Å². The average Bonchev–Trinajstić information content (AvgIpc) is 4.12. The van der Waals surface area contributed by atoms with E-state index < -0.39 is 24.3 Å². The van der Waals surface area contributed by atoms with Gasteiger partial charge in [-0.15, -0.1) is 0 Å². The maximum atomic E-state index is 13.7. The lowest BCUT2D eigenvalue weighted by molar-refractivity contribution is -0.136. The summed E-state index contributed by atoms with van der Waals surface area (Å²) in [6, 6.07) is 15.0. The van der Waals surface area contributed by atoms with Crippen LogP contribution in [0.2, 0.25) is 0 Å². The Kier molecular flexibility index (Phi) is 12.0.